The van der Waals surface area contributed by atoms with E-state index in [-0.39, 0.29) is 11.5 Å². The molecule has 0 atom stereocenters. The van der Waals surface area contributed by atoms with Crippen LogP contribution in [0.1, 0.15) is 13.8 Å². The molecule has 0 aliphatic rings. The molecule has 0 saturated carbocycles. The van der Waals surface area contributed by atoms with Gasteiger partial charge in [0, 0.05) is 36.0 Å². The SMILES string of the molecule is CC(=O)Oc1cc(Cl)ccc1Cl.CC(=O)Oc1cc(Cl)ccc1Cl. The monoisotopic (exact) mass is 408 g/mol. The van der Waals surface area contributed by atoms with Gasteiger partial charge in [-0.3, -0.25) is 9.59 Å². The van der Waals surface area contributed by atoms with E-state index in [4.69, 9.17) is 55.9 Å². The zero-order valence-electron chi connectivity index (χ0n) is 12.6. The summed E-state index contributed by atoms with van der Waals surface area (Å²) >= 11 is 22.7. The van der Waals surface area contributed by atoms with Crippen molar-refractivity contribution in [2.75, 3.05) is 0 Å². The van der Waals surface area contributed by atoms with E-state index in [1.54, 1.807) is 24.3 Å². The van der Waals surface area contributed by atoms with E-state index in [1.807, 2.05) is 0 Å². The van der Waals surface area contributed by atoms with Crippen molar-refractivity contribution in [1.82, 2.24) is 0 Å². The summed E-state index contributed by atoms with van der Waals surface area (Å²) in [7, 11) is 0. The van der Waals surface area contributed by atoms with Gasteiger partial charge in [-0.1, -0.05) is 46.4 Å². The molecule has 0 heterocycles. The lowest BCUT2D eigenvalue weighted by atomic mass is 10.3. The third-order valence-corrected chi connectivity index (χ3v) is 3.39. The van der Waals surface area contributed by atoms with Gasteiger partial charge in [-0.25, -0.2) is 0 Å². The number of carbonyl (C=O) groups excluding carboxylic acids is 2. The molecule has 0 radical (unpaired) electrons. The van der Waals surface area contributed by atoms with Gasteiger partial charge in [-0.05, 0) is 24.3 Å². The van der Waals surface area contributed by atoms with E-state index in [2.05, 4.69) is 0 Å². The van der Waals surface area contributed by atoms with Crippen LogP contribution in [0.4, 0.5) is 0 Å². The summed E-state index contributed by atoms with van der Waals surface area (Å²) in [4.78, 5) is 21.1. The molecule has 2 aromatic carbocycles. The van der Waals surface area contributed by atoms with E-state index in [0.717, 1.165) is 0 Å². The maximum absolute atomic E-state index is 10.6. The predicted octanol–water partition coefficient (Wildman–Crippen LogP) is 5.84. The summed E-state index contributed by atoms with van der Waals surface area (Å²) in [5, 5.41) is 1.70. The molecule has 24 heavy (non-hydrogen) atoms. The fourth-order valence-corrected chi connectivity index (χ4v) is 2.06. The smallest absolute Gasteiger partial charge is 0.308 e. The normalized spacial score (nSPS) is 9.58. The second kappa shape index (κ2) is 9.74. The maximum Gasteiger partial charge on any atom is 0.308 e. The Kier molecular flexibility index (Phi) is 8.36. The highest BCUT2D eigenvalue weighted by molar-refractivity contribution is 6.34. The van der Waals surface area contributed by atoms with Crippen LogP contribution in [0.25, 0.3) is 0 Å². The van der Waals surface area contributed by atoms with Gasteiger partial charge in [0.05, 0.1) is 10.0 Å². The van der Waals surface area contributed by atoms with Crippen molar-refractivity contribution in [1.29, 1.82) is 0 Å². The number of carbonyl (C=O) groups is 2. The lowest BCUT2D eigenvalue weighted by Crippen LogP contribution is -2.01. The number of hydrogen-bond acceptors (Lipinski definition) is 4. The van der Waals surface area contributed by atoms with Gasteiger partial charge >= 0.3 is 11.9 Å². The van der Waals surface area contributed by atoms with Crippen LogP contribution >= 0.6 is 46.4 Å². The van der Waals surface area contributed by atoms with Crippen LogP contribution < -0.4 is 9.47 Å². The van der Waals surface area contributed by atoms with Crippen LogP contribution in [-0.4, -0.2) is 11.9 Å². The van der Waals surface area contributed by atoms with E-state index < -0.39 is 11.9 Å². The highest BCUT2D eigenvalue weighted by atomic mass is 35.5. The average molecular weight is 410 g/mol. The van der Waals surface area contributed by atoms with Crippen molar-refractivity contribution in [2.45, 2.75) is 13.8 Å². The first-order valence-electron chi connectivity index (χ1n) is 6.46. The van der Waals surface area contributed by atoms with Crippen molar-refractivity contribution in [3.8, 4) is 11.5 Å². The number of halogens is 4. The number of esters is 2. The van der Waals surface area contributed by atoms with Crippen LogP contribution in [-0.2, 0) is 9.59 Å². The Morgan fingerprint density at radius 2 is 1.04 bits per heavy atom. The molecule has 0 aromatic heterocycles. The molecule has 128 valence electrons. The molecule has 0 amide bonds. The Hall–Kier alpha value is -1.46. The van der Waals surface area contributed by atoms with Crippen LogP contribution in [0.2, 0.25) is 20.1 Å². The zero-order chi connectivity index (χ0) is 18.3. The topological polar surface area (TPSA) is 52.6 Å². The number of ether oxygens (including phenoxy) is 2. The van der Waals surface area contributed by atoms with Crippen LogP contribution in [0, 0.1) is 0 Å². The molecule has 0 unspecified atom stereocenters. The average Bonchev–Trinajstić information content (AvgIpc) is 2.46. The third kappa shape index (κ3) is 7.41. The predicted molar refractivity (Wildman–Crippen MR) is 95.5 cm³/mol. The molecule has 2 aromatic rings. The zero-order valence-corrected chi connectivity index (χ0v) is 15.6. The standard InChI is InChI=1S/2C8H6Cl2O2/c2*1-5(11)12-8-4-6(9)2-3-7(8)10/h2*2-4H,1H3. The van der Waals surface area contributed by atoms with Gasteiger partial charge in [0.1, 0.15) is 0 Å². The lowest BCUT2D eigenvalue weighted by Gasteiger charge is -2.02. The highest BCUT2D eigenvalue weighted by Crippen LogP contribution is 2.28. The molecule has 4 nitrogen and oxygen atoms in total. The Morgan fingerprint density at radius 3 is 1.33 bits per heavy atom. The molecular weight excluding hydrogens is 398 g/mol. The Bertz CT molecular complexity index is 683. The van der Waals surface area contributed by atoms with E-state index in [0.29, 0.717) is 20.1 Å². The molecule has 2 rings (SSSR count). The summed E-state index contributed by atoms with van der Waals surface area (Å²) in [6.45, 7) is 2.61. The summed E-state index contributed by atoms with van der Waals surface area (Å²) in [5.41, 5.74) is 0. The molecule has 0 spiro atoms. The molecule has 8 heteroatoms. The highest BCUT2D eigenvalue weighted by Gasteiger charge is 2.05. The Labute approximate surface area is 159 Å². The molecule has 0 saturated heterocycles. The minimum absolute atomic E-state index is 0.289. The van der Waals surface area contributed by atoms with Gasteiger partial charge in [0.15, 0.2) is 11.5 Å². The Morgan fingerprint density at radius 1 is 0.708 bits per heavy atom. The molecule has 0 aliphatic carbocycles. The van der Waals surface area contributed by atoms with E-state index >= 15 is 0 Å². The maximum atomic E-state index is 10.6. The second-order valence-electron chi connectivity index (χ2n) is 4.34. The quantitative estimate of drug-likeness (QED) is 0.462. The molecule has 0 fully saturated rings. The van der Waals surface area contributed by atoms with Gasteiger partial charge in [-0.2, -0.15) is 0 Å². The minimum Gasteiger partial charge on any atom is -0.425 e. The molecule has 0 N–H and O–H groups in total. The summed E-state index contributed by atoms with van der Waals surface area (Å²) in [6, 6.07) is 9.37. The molecular formula is C16H12Cl4O4. The van der Waals surface area contributed by atoms with Crippen molar-refractivity contribution in [3.63, 3.8) is 0 Å². The van der Waals surface area contributed by atoms with Gasteiger partial charge < -0.3 is 9.47 Å². The van der Waals surface area contributed by atoms with Crippen molar-refractivity contribution in [2.24, 2.45) is 0 Å². The van der Waals surface area contributed by atoms with Crippen LogP contribution in [0.3, 0.4) is 0 Å². The largest absolute Gasteiger partial charge is 0.425 e. The van der Waals surface area contributed by atoms with Gasteiger partial charge in [0.2, 0.25) is 0 Å². The van der Waals surface area contributed by atoms with Crippen LogP contribution in [0.5, 0.6) is 11.5 Å². The first-order valence-corrected chi connectivity index (χ1v) is 7.97. The first kappa shape index (κ1) is 20.6. The van der Waals surface area contributed by atoms with E-state index in [1.165, 1.54) is 26.0 Å². The molecule has 0 aliphatic heterocycles. The summed E-state index contributed by atoms with van der Waals surface area (Å²) in [5.74, 6) is -0.258. The number of rotatable bonds is 2. The Balaban J connectivity index is 0.000000240. The fourth-order valence-electron chi connectivity index (χ4n) is 1.42. The fraction of sp³-hybridized carbons (Fsp3) is 0.125. The first-order chi connectivity index (χ1) is 11.2. The number of benzene rings is 2. The van der Waals surface area contributed by atoms with Crippen molar-refractivity contribution >= 4 is 58.3 Å². The summed E-state index contributed by atoms with van der Waals surface area (Å²) < 4.78 is 9.54. The van der Waals surface area contributed by atoms with Crippen molar-refractivity contribution < 1.29 is 19.1 Å². The van der Waals surface area contributed by atoms with Crippen LogP contribution in [0.15, 0.2) is 36.4 Å². The third-order valence-electron chi connectivity index (χ3n) is 2.29. The summed E-state index contributed by atoms with van der Waals surface area (Å²) in [6.07, 6.45) is 0. The van der Waals surface area contributed by atoms with Gasteiger partial charge in [-0.15, -0.1) is 0 Å². The van der Waals surface area contributed by atoms with Gasteiger partial charge in [0.25, 0.3) is 0 Å². The number of hydrogen-bond donors (Lipinski definition) is 0. The molecule has 0 bridgehead atoms. The second-order valence-corrected chi connectivity index (χ2v) is 6.02. The van der Waals surface area contributed by atoms with Crippen molar-refractivity contribution in [3.05, 3.63) is 56.5 Å². The lowest BCUT2D eigenvalue weighted by molar-refractivity contribution is -0.132. The van der Waals surface area contributed by atoms with E-state index in [9.17, 15) is 9.59 Å². The minimum atomic E-state index is -0.417.